The topological polar surface area (TPSA) is 101 Å². The molecule has 0 radical (unpaired) electrons. The summed E-state index contributed by atoms with van der Waals surface area (Å²) in [5, 5.41) is 17.8. The molecule has 0 bridgehead atoms. The number of allylic oxidation sites excluding steroid dienone is 8. The van der Waals surface area contributed by atoms with Crippen molar-refractivity contribution in [2.45, 2.75) is 6.42 Å². The Balaban J connectivity index is 5.32. The first-order chi connectivity index (χ1) is 11.6. The molecule has 136 valence electrons. The van der Waals surface area contributed by atoms with E-state index >= 15 is 0 Å². The second-order valence-electron chi connectivity index (χ2n) is 5.22. The molecule has 0 fully saturated rings. The summed E-state index contributed by atoms with van der Waals surface area (Å²) >= 11 is 0. The van der Waals surface area contributed by atoms with Crippen LogP contribution in [0.3, 0.4) is 0 Å². The van der Waals surface area contributed by atoms with Crippen LogP contribution in [0.5, 0.6) is 0 Å². The minimum atomic E-state index is -3.38. The van der Waals surface area contributed by atoms with E-state index in [2.05, 4.69) is 19.7 Å². The molecule has 0 spiro atoms. The molecule has 0 aromatic rings. The van der Waals surface area contributed by atoms with E-state index in [1.165, 1.54) is 19.0 Å². The molecule has 2 atom stereocenters. The van der Waals surface area contributed by atoms with Crippen molar-refractivity contribution in [2.24, 2.45) is 5.92 Å². The fourth-order valence-corrected chi connectivity index (χ4v) is 3.24. The second kappa shape index (κ2) is 11.0. The molecule has 0 rings (SSSR count). The number of aliphatic carboxylic acids is 2. The maximum absolute atomic E-state index is 12.5. The van der Waals surface area contributed by atoms with Crippen molar-refractivity contribution < 1.29 is 28.9 Å². The third-order valence-corrected chi connectivity index (χ3v) is 4.60. The Bertz CT molecular complexity index is 669. The van der Waals surface area contributed by atoms with Crippen LogP contribution in [0.25, 0.3) is 0 Å². The van der Waals surface area contributed by atoms with Gasteiger partial charge < -0.3 is 14.7 Å². The average molecular weight is 366 g/mol. The van der Waals surface area contributed by atoms with Gasteiger partial charge in [0.2, 0.25) is 7.37 Å². The van der Waals surface area contributed by atoms with Gasteiger partial charge in [-0.1, -0.05) is 56.2 Å². The summed E-state index contributed by atoms with van der Waals surface area (Å²) in [5.41, 5.74) is 1.06. The number of rotatable bonds is 12. The van der Waals surface area contributed by atoms with Crippen molar-refractivity contribution in [3.05, 3.63) is 73.6 Å². The highest BCUT2D eigenvalue weighted by Gasteiger charge is 2.29. The van der Waals surface area contributed by atoms with Crippen LogP contribution in [0.1, 0.15) is 6.42 Å². The molecule has 0 aliphatic rings. The van der Waals surface area contributed by atoms with E-state index in [-0.39, 0.29) is 0 Å². The molecule has 2 unspecified atom stereocenters. The molecular weight excluding hydrogens is 343 g/mol. The Morgan fingerprint density at radius 1 is 1.16 bits per heavy atom. The van der Waals surface area contributed by atoms with Crippen LogP contribution in [0.15, 0.2) is 73.6 Å². The number of hydrogen-bond acceptors (Lipinski definition) is 4. The lowest BCUT2D eigenvalue weighted by Crippen LogP contribution is -2.21. The lowest BCUT2D eigenvalue weighted by atomic mass is 10.1. The first-order valence-electron chi connectivity index (χ1n) is 7.30. The van der Waals surface area contributed by atoms with Gasteiger partial charge in [0.15, 0.2) is 0 Å². The summed E-state index contributed by atoms with van der Waals surface area (Å²) in [6.45, 7) is 12.2. The Hall–Kier alpha value is -2.59. The molecular formula is C18H23O6P. The van der Waals surface area contributed by atoms with Crippen LogP contribution in [0.2, 0.25) is 0 Å². The SMILES string of the molecule is C=CC=CC(=C)C(C=CC=C)=COP(C)(=O)CC(CC(=O)O)C(=O)O. The molecule has 0 saturated carbocycles. The highest BCUT2D eigenvalue weighted by Crippen LogP contribution is 2.45. The quantitative estimate of drug-likeness (QED) is 0.307. The normalized spacial score (nSPS) is 15.5. The Kier molecular flexibility index (Phi) is 9.91. The minimum Gasteiger partial charge on any atom is -0.481 e. The third kappa shape index (κ3) is 9.99. The summed E-state index contributed by atoms with van der Waals surface area (Å²) in [6, 6.07) is 0. The molecule has 0 amide bonds. The lowest BCUT2D eigenvalue weighted by Gasteiger charge is -2.17. The zero-order chi connectivity index (χ0) is 19.5. The summed E-state index contributed by atoms with van der Waals surface area (Å²) in [7, 11) is -3.38. The molecule has 7 heteroatoms. The van der Waals surface area contributed by atoms with E-state index in [1.54, 1.807) is 30.4 Å². The Labute approximate surface area is 147 Å². The summed E-state index contributed by atoms with van der Waals surface area (Å²) in [5.74, 6) is -3.90. The maximum Gasteiger partial charge on any atom is 0.307 e. The number of carbonyl (C=O) groups is 2. The first-order valence-corrected chi connectivity index (χ1v) is 9.56. The smallest absolute Gasteiger partial charge is 0.307 e. The van der Waals surface area contributed by atoms with Gasteiger partial charge in [0.1, 0.15) is 0 Å². The van der Waals surface area contributed by atoms with Crippen LogP contribution in [-0.2, 0) is 18.7 Å². The Morgan fingerprint density at radius 2 is 1.72 bits per heavy atom. The van der Waals surface area contributed by atoms with Crippen molar-refractivity contribution in [1.29, 1.82) is 0 Å². The van der Waals surface area contributed by atoms with Crippen molar-refractivity contribution in [3.8, 4) is 0 Å². The van der Waals surface area contributed by atoms with E-state index in [1.807, 2.05) is 0 Å². The maximum atomic E-state index is 12.5. The predicted octanol–water partition coefficient (Wildman–Crippen LogP) is 4.01. The van der Waals surface area contributed by atoms with Gasteiger partial charge in [-0.3, -0.25) is 14.2 Å². The molecule has 0 aromatic carbocycles. The van der Waals surface area contributed by atoms with Crippen molar-refractivity contribution in [1.82, 2.24) is 0 Å². The van der Waals surface area contributed by atoms with E-state index < -0.39 is 37.8 Å². The van der Waals surface area contributed by atoms with Gasteiger partial charge in [0, 0.05) is 18.4 Å². The highest BCUT2D eigenvalue weighted by atomic mass is 31.2. The molecule has 0 aliphatic carbocycles. The first kappa shape index (κ1) is 22.4. The fraction of sp³-hybridized carbons (Fsp3) is 0.222. The van der Waals surface area contributed by atoms with Gasteiger partial charge in [0.05, 0.1) is 18.6 Å². The number of hydrogen-bond donors (Lipinski definition) is 2. The van der Waals surface area contributed by atoms with Crippen molar-refractivity contribution in [2.75, 3.05) is 12.8 Å². The van der Waals surface area contributed by atoms with Crippen molar-refractivity contribution in [3.63, 3.8) is 0 Å². The van der Waals surface area contributed by atoms with E-state index in [9.17, 15) is 14.2 Å². The monoisotopic (exact) mass is 366 g/mol. The van der Waals surface area contributed by atoms with Gasteiger partial charge in [-0.25, -0.2) is 0 Å². The van der Waals surface area contributed by atoms with E-state index in [0.717, 1.165) is 0 Å². The lowest BCUT2D eigenvalue weighted by molar-refractivity contribution is -0.147. The van der Waals surface area contributed by atoms with Gasteiger partial charge >= 0.3 is 11.9 Å². The van der Waals surface area contributed by atoms with Gasteiger partial charge in [0.25, 0.3) is 0 Å². The molecule has 0 saturated heterocycles. The summed E-state index contributed by atoms with van der Waals surface area (Å²) < 4.78 is 17.8. The largest absolute Gasteiger partial charge is 0.481 e. The standard InChI is InChI=1S/C18H23O6P/c1-5-7-9-14(3)15(10-8-6-2)12-24-25(4,23)13-16(18(21)22)11-17(19)20/h5-10,12,16H,1-3,11,13H2,4H3,(H,19,20)(H,21,22). The molecule has 6 nitrogen and oxygen atoms in total. The average Bonchev–Trinajstić information content (AvgIpc) is 2.51. The zero-order valence-electron chi connectivity index (χ0n) is 14.1. The van der Waals surface area contributed by atoms with Crippen LogP contribution in [0.4, 0.5) is 0 Å². The predicted molar refractivity (Wildman–Crippen MR) is 98.8 cm³/mol. The van der Waals surface area contributed by atoms with Crippen LogP contribution in [-0.4, -0.2) is 35.0 Å². The fourth-order valence-electron chi connectivity index (χ4n) is 1.73. The highest BCUT2D eigenvalue weighted by molar-refractivity contribution is 7.58. The molecule has 0 aliphatic heterocycles. The zero-order valence-corrected chi connectivity index (χ0v) is 15.0. The molecule has 25 heavy (non-hydrogen) atoms. The van der Waals surface area contributed by atoms with Crippen molar-refractivity contribution >= 4 is 19.3 Å². The van der Waals surface area contributed by atoms with Gasteiger partial charge in [-0.2, -0.15) is 0 Å². The van der Waals surface area contributed by atoms with Gasteiger partial charge in [-0.15, -0.1) is 0 Å². The summed E-state index contributed by atoms with van der Waals surface area (Å²) in [4.78, 5) is 21.8. The number of carboxylic acid groups (broad SMARTS) is 2. The van der Waals surface area contributed by atoms with E-state index in [0.29, 0.717) is 11.1 Å². The third-order valence-electron chi connectivity index (χ3n) is 2.94. The minimum absolute atomic E-state index is 0.390. The molecule has 0 heterocycles. The Morgan fingerprint density at radius 3 is 2.20 bits per heavy atom. The van der Waals surface area contributed by atoms with Gasteiger partial charge in [-0.05, 0) is 5.57 Å². The molecule has 0 aromatic heterocycles. The second-order valence-corrected chi connectivity index (χ2v) is 7.83. The number of carboxylic acids is 2. The van der Waals surface area contributed by atoms with Crippen LogP contribution >= 0.6 is 7.37 Å². The van der Waals surface area contributed by atoms with Crippen LogP contribution in [0, 0.1) is 5.92 Å². The van der Waals surface area contributed by atoms with Crippen LogP contribution < -0.4 is 0 Å². The van der Waals surface area contributed by atoms with E-state index in [4.69, 9.17) is 14.7 Å². The summed E-state index contributed by atoms with van der Waals surface area (Å²) in [6.07, 6.45) is 9.90. The molecule has 2 N–H and O–H groups in total.